The molecule has 2 saturated carbocycles. The van der Waals surface area contributed by atoms with Crippen LogP contribution in [0.15, 0.2) is 54.6 Å². The molecule has 2 aromatic carbocycles. The highest BCUT2D eigenvalue weighted by Crippen LogP contribution is 2.51. The van der Waals surface area contributed by atoms with E-state index in [0.29, 0.717) is 11.6 Å². The van der Waals surface area contributed by atoms with E-state index in [1.807, 2.05) is 59.5 Å². The molecule has 1 aliphatic heterocycles. The lowest BCUT2D eigenvalue weighted by Crippen LogP contribution is -2.63. The van der Waals surface area contributed by atoms with Crippen molar-refractivity contribution in [3.8, 4) is 0 Å². The minimum Gasteiger partial charge on any atom is -0.353 e. The average molecular weight is 374 g/mol. The van der Waals surface area contributed by atoms with Gasteiger partial charge in [0, 0.05) is 17.3 Å². The summed E-state index contributed by atoms with van der Waals surface area (Å²) in [7, 11) is 0. The molecule has 0 bridgehead atoms. The molecule has 0 unspecified atom stereocenters. The van der Waals surface area contributed by atoms with Gasteiger partial charge in [-0.1, -0.05) is 55.7 Å². The predicted octanol–water partition coefficient (Wildman–Crippen LogP) is 4.41. The van der Waals surface area contributed by atoms with Crippen molar-refractivity contribution in [2.45, 2.75) is 62.4 Å². The highest BCUT2D eigenvalue weighted by atomic mass is 16.2. The van der Waals surface area contributed by atoms with Crippen LogP contribution in [0.4, 0.5) is 5.69 Å². The van der Waals surface area contributed by atoms with Crippen LogP contribution >= 0.6 is 0 Å². The predicted molar refractivity (Wildman–Crippen MR) is 109 cm³/mol. The van der Waals surface area contributed by atoms with Crippen molar-refractivity contribution in [3.63, 3.8) is 0 Å². The number of anilines is 1. The molecule has 0 radical (unpaired) electrons. The van der Waals surface area contributed by atoms with Crippen LogP contribution in [-0.2, 0) is 4.79 Å². The normalized spacial score (nSPS) is 23.4. The second-order valence-corrected chi connectivity index (χ2v) is 8.44. The summed E-state index contributed by atoms with van der Waals surface area (Å²) >= 11 is 0. The van der Waals surface area contributed by atoms with Crippen LogP contribution in [0.2, 0.25) is 0 Å². The molecule has 1 spiro atoms. The second-order valence-electron chi connectivity index (χ2n) is 8.44. The van der Waals surface area contributed by atoms with Gasteiger partial charge in [0.15, 0.2) is 0 Å². The van der Waals surface area contributed by atoms with Gasteiger partial charge in [-0.05, 0) is 49.4 Å². The lowest BCUT2D eigenvalue weighted by molar-refractivity contribution is -0.124. The van der Waals surface area contributed by atoms with E-state index in [1.54, 1.807) is 0 Å². The Kier molecular flexibility index (Phi) is 4.22. The first-order valence-electron chi connectivity index (χ1n) is 10.5. The van der Waals surface area contributed by atoms with E-state index in [9.17, 15) is 9.59 Å². The Morgan fingerprint density at radius 2 is 1.61 bits per heavy atom. The summed E-state index contributed by atoms with van der Waals surface area (Å²) in [4.78, 5) is 29.2. The van der Waals surface area contributed by atoms with E-state index in [0.717, 1.165) is 56.2 Å². The first-order chi connectivity index (χ1) is 13.7. The zero-order valence-corrected chi connectivity index (χ0v) is 16.1. The molecule has 2 aliphatic carbocycles. The molecule has 4 heteroatoms. The van der Waals surface area contributed by atoms with Gasteiger partial charge < -0.3 is 10.2 Å². The highest BCUT2D eigenvalue weighted by Gasteiger charge is 2.55. The number of amides is 2. The number of nitrogens with one attached hydrogen (secondary N) is 1. The summed E-state index contributed by atoms with van der Waals surface area (Å²) in [6, 6.07) is 17.9. The molecule has 2 fully saturated rings. The second kappa shape index (κ2) is 6.77. The molecule has 1 N–H and O–H groups in total. The third-order valence-electron chi connectivity index (χ3n) is 6.61. The monoisotopic (exact) mass is 374 g/mol. The Bertz CT molecular complexity index is 898. The summed E-state index contributed by atoms with van der Waals surface area (Å²) in [5, 5.41) is 3.25. The Labute approximate surface area is 165 Å². The molecule has 3 aliphatic rings. The van der Waals surface area contributed by atoms with Gasteiger partial charge in [-0.15, -0.1) is 0 Å². The number of benzene rings is 2. The number of carbonyl (C=O) groups is 2. The van der Waals surface area contributed by atoms with Crippen LogP contribution in [0.5, 0.6) is 0 Å². The smallest absolute Gasteiger partial charge is 0.259 e. The Hall–Kier alpha value is -2.62. The first kappa shape index (κ1) is 17.5. The third-order valence-corrected chi connectivity index (χ3v) is 6.61. The molecule has 28 heavy (non-hydrogen) atoms. The van der Waals surface area contributed by atoms with Gasteiger partial charge in [-0.3, -0.25) is 9.59 Å². The van der Waals surface area contributed by atoms with E-state index in [2.05, 4.69) is 5.32 Å². The van der Waals surface area contributed by atoms with Crippen LogP contribution in [0.1, 0.15) is 66.8 Å². The fraction of sp³-hybridized carbons (Fsp3) is 0.417. The summed E-state index contributed by atoms with van der Waals surface area (Å²) in [6.45, 7) is 0. The summed E-state index contributed by atoms with van der Waals surface area (Å²) < 4.78 is 0. The van der Waals surface area contributed by atoms with Crippen molar-refractivity contribution in [2.24, 2.45) is 0 Å². The standard InChI is InChI=1S/C24H26N2O2/c27-22(25-17-13-14-17)21-19-11-5-6-12-20(19)23(28)26(18-9-3-1-4-10-18)24(21)15-7-2-8-16-24/h1,3-6,9-12,17,21H,2,7-8,13-16H2,(H,25,27)/t21-/m0/s1. The van der Waals surface area contributed by atoms with Crippen LogP contribution in [0.25, 0.3) is 0 Å². The van der Waals surface area contributed by atoms with E-state index in [-0.39, 0.29) is 17.7 Å². The van der Waals surface area contributed by atoms with E-state index >= 15 is 0 Å². The highest BCUT2D eigenvalue weighted by molar-refractivity contribution is 6.12. The third kappa shape index (κ3) is 2.74. The zero-order valence-electron chi connectivity index (χ0n) is 16.1. The largest absolute Gasteiger partial charge is 0.353 e. The number of para-hydroxylation sites is 1. The minimum absolute atomic E-state index is 0.0270. The number of fused-ring (bicyclic) bond motifs is 1. The van der Waals surface area contributed by atoms with Gasteiger partial charge in [0.05, 0.1) is 11.5 Å². The van der Waals surface area contributed by atoms with Crippen molar-refractivity contribution >= 4 is 17.5 Å². The summed E-state index contributed by atoms with van der Waals surface area (Å²) in [5.74, 6) is -0.202. The fourth-order valence-corrected chi connectivity index (χ4v) is 5.21. The maximum Gasteiger partial charge on any atom is 0.259 e. The van der Waals surface area contributed by atoms with Crippen molar-refractivity contribution in [1.82, 2.24) is 5.32 Å². The molecule has 4 nitrogen and oxygen atoms in total. The maximum absolute atomic E-state index is 13.7. The molecule has 5 rings (SSSR count). The molecule has 144 valence electrons. The van der Waals surface area contributed by atoms with E-state index in [4.69, 9.17) is 0 Å². The SMILES string of the molecule is O=C(NC1CC1)[C@@H]1c2ccccc2C(=O)N(c2ccccc2)C12CCCCC2. The van der Waals surface area contributed by atoms with Gasteiger partial charge in [-0.2, -0.15) is 0 Å². The van der Waals surface area contributed by atoms with Crippen LogP contribution < -0.4 is 10.2 Å². The number of rotatable bonds is 3. The van der Waals surface area contributed by atoms with Crippen molar-refractivity contribution in [1.29, 1.82) is 0 Å². The Morgan fingerprint density at radius 1 is 0.929 bits per heavy atom. The summed E-state index contributed by atoms with van der Waals surface area (Å²) in [5.41, 5.74) is 1.98. The minimum atomic E-state index is -0.482. The Morgan fingerprint density at radius 3 is 2.32 bits per heavy atom. The molecular weight excluding hydrogens is 348 g/mol. The molecule has 2 amide bonds. The van der Waals surface area contributed by atoms with E-state index in [1.165, 1.54) is 0 Å². The van der Waals surface area contributed by atoms with E-state index < -0.39 is 5.54 Å². The molecular formula is C24H26N2O2. The maximum atomic E-state index is 13.7. The van der Waals surface area contributed by atoms with Crippen molar-refractivity contribution < 1.29 is 9.59 Å². The fourth-order valence-electron chi connectivity index (χ4n) is 5.21. The molecule has 2 aromatic rings. The Balaban J connectivity index is 1.70. The lowest BCUT2D eigenvalue weighted by Gasteiger charge is -2.53. The molecule has 0 saturated heterocycles. The summed E-state index contributed by atoms with van der Waals surface area (Å²) in [6.07, 6.45) is 7.12. The van der Waals surface area contributed by atoms with Crippen LogP contribution in [0, 0.1) is 0 Å². The first-order valence-corrected chi connectivity index (χ1v) is 10.5. The van der Waals surface area contributed by atoms with Crippen LogP contribution in [-0.4, -0.2) is 23.4 Å². The number of nitrogens with zero attached hydrogens (tertiary/aromatic N) is 1. The average Bonchev–Trinajstić information content (AvgIpc) is 3.53. The van der Waals surface area contributed by atoms with Gasteiger partial charge in [0.25, 0.3) is 5.91 Å². The quantitative estimate of drug-likeness (QED) is 0.865. The van der Waals surface area contributed by atoms with Gasteiger partial charge >= 0.3 is 0 Å². The topological polar surface area (TPSA) is 49.4 Å². The van der Waals surface area contributed by atoms with Gasteiger partial charge in [-0.25, -0.2) is 0 Å². The number of hydrogen-bond donors (Lipinski definition) is 1. The number of carbonyl (C=O) groups excluding carboxylic acids is 2. The van der Waals surface area contributed by atoms with Gasteiger partial charge in [0.2, 0.25) is 5.91 Å². The van der Waals surface area contributed by atoms with Crippen molar-refractivity contribution in [3.05, 3.63) is 65.7 Å². The van der Waals surface area contributed by atoms with Crippen LogP contribution in [0.3, 0.4) is 0 Å². The zero-order chi connectivity index (χ0) is 19.1. The molecule has 1 heterocycles. The number of hydrogen-bond acceptors (Lipinski definition) is 2. The molecule has 1 atom stereocenters. The van der Waals surface area contributed by atoms with Gasteiger partial charge in [0.1, 0.15) is 0 Å². The van der Waals surface area contributed by atoms with Crippen molar-refractivity contribution in [2.75, 3.05) is 4.90 Å². The molecule has 0 aromatic heterocycles. The lowest BCUT2D eigenvalue weighted by atomic mass is 9.65.